The maximum Gasteiger partial charge on any atom is 0.201 e. The minimum atomic E-state index is 0.365. The van der Waals surface area contributed by atoms with E-state index in [9.17, 15) is 0 Å². The van der Waals surface area contributed by atoms with Crippen molar-refractivity contribution in [3.63, 3.8) is 0 Å². The molecule has 0 spiro atoms. The van der Waals surface area contributed by atoms with Crippen molar-refractivity contribution in [1.29, 1.82) is 0 Å². The largest absolute Gasteiger partial charge is 0.492 e. The van der Waals surface area contributed by atoms with E-state index < -0.39 is 0 Å². The monoisotopic (exact) mass is 289 g/mol. The summed E-state index contributed by atoms with van der Waals surface area (Å²) in [6.45, 7) is 7.07. The fourth-order valence-electron chi connectivity index (χ4n) is 2.84. The third kappa shape index (κ3) is 3.49. The minimum Gasteiger partial charge on any atom is -0.492 e. The molecule has 0 radical (unpaired) electrons. The number of imidazole rings is 1. The number of aromatic nitrogens is 2. The highest BCUT2D eigenvalue weighted by molar-refractivity contribution is 5.84. The van der Waals surface area contributed by atoms with Crippen LogP contribution in [0.4, 0.5) is 5.95 Å². The van der Waals surface area contributed by atoms with Gasteiger partial charge in [-0.2, -0.15) is 0 Å². The van der Waals surface area contributed by atoms with Gasteiger partial charge in [0.15, 0.2) is 0 Å². The first-order valence-corrected chi connectivity index (χ1v) is 8.08. The van der Waals surface area contributed by atoms with Crippen LogP contribution in [0.25, 0.3) is 11.0 Å². The first-order chi connectivity index (χ1) is 10.2. The Hall–Kier alpha value is -1.71. The Morgan fingerprint density at radius 1 is 1.24 bits per heavy atom. The van der Waals surface area contributed by atoms with Crippen molar-refractivity contribution in [2.24, 2.45) is 0 Å². The van der Waals surface area contributed by atoms with Crippen LogP contribution < -0.4 is 10.5 Å². The van der Waals surface area contributed by atoms with Gasteiger partial charge in [0.25, 0.3) is 0 Å². The van der Waals surface area contributed by atoms with E-state index in [4.69, 9.17) is 10.5 Å². The number of nitrogens with two attached hydrogens (primary N) is 1. The fraction of sp³-hybridized carbons (Fsp3) is 0.588. The van der Waals surface area contributed by atoms with Gasteiger partial charge in [-0.15, -0.1) is 0 Å². The van der Waals surface area contributed by atoms with Crippen LogP contribution in [0.1, 0.15) is 58.9 Å². The van der Waals surface area contributed by atoms with Crippen LogP contribution >= 0.6 is 0 Å². The van der Waals surface area contributed by atoms with Crippen LogP contribution in [0.3, 0.4) is 0 Å². The molecule has 4 heteroatoms. The number of ether oxygens (including phenoxy) is 1. The van der Waals surface area contributed by atoms with Gasteiger partial charge in [-0.25, -0.2) is 4.98 Å². The van der Waals surface area contributed by atoms with E-state index in [1.54, 1.807) is 0 Å². The number of hydrogen-bond donors (Lipinski definition) is 1. The minimum absolute atomic E-state index is 0.365. The second-order valence-electron chi connectivity index (χ2n) is 5.60. The summed E-state index contributed by atoms with van der Waals surface area (Å²) in [4.78, 5) is 4.51. The highest BCUT2D eigenvalue weighted by Gasteiger charge is 2.16. The van der Waals surface area contributed by atoms with Crippen molar-refractivity contribution >= 4 is 17.0 Å². The van der Waals surface area contributed by atoms with E-state index in [-0.39, 0.29) is 0 Å². The Morgan fingerprint density at radius 2 is 2.05 bits per heavy atom. The Labute approximate surface area is 127 Å². The van der Waals surface area contributed by atoms with Gasteiger partial charge in [-0.1, -0.05) is 38.7 Å². The molecule has 1 aromatic carbocycles. The number of unbranched alkanes of at least 4 members (excludes halogenated alkanes) is 3. The van der Waals surface area contributed by atoms with E-state index >= 15 is 0 Å². The Bertz CT molecular complexity index is 577. The van der Waals surface area contributed by atoms with E-state index in [0.717, 1.165) is 23.2 Å². The molecule has 0 aliphatic heterocycles. The molecule has 0 bridgehead atoms. The third-order valence-electron chi connectivity index (χ3n) is 3.93. The van der Waals surface area contributed by atoms with Gasteiger partial charge >= 0.3 is 0 Å². The van der Waals surface area contributed by atoms with Gasteiger partial charge < -0.3 is 15.0 Å². The number of hydrogen-bond acceptors (Lipinski definition) is 3. The Balaban J connectivity index is 2.23. The summed E-state index contributed by atoms with van der Waals surface area (Å²) in [5, 5.41) is 0. The number of fused-ring (bicyclic) bond motifs is 1. The molecule has 2 rings (SSSR count). The van der Waals surface area contributed by atoms with Gasteiger partial charge in [0.1, 0.15) is 11.3 Å². The average Bonchev–Trinajstić information content (AvgIpc) is 2.81. The molecule has 116 valence electrons. The van der Waals surface area contributed by atoms with Crippen LogP contribution in [0.15, 0.2) is 18.2 Å². The number of nitrogen functional groups attached to an aromatic ring is 1. The summed E-state index contributed by atoms with van der Waals surface area (Å²) >= 11 is 0. The molecular weight excluding hydrogens is 262 g/mol. The molecule has 4 nitrogen and oxygen atoms in total. The van der Waals surface area contributed by atoms with Gasteiger partial charge in [0, 0.05) is 6.04 Å². The van der Waals surface area contributed by atoms with Crippen LogP contribution in [0, 0.1) is 0 Å². The lowest BCUT2D eigenvalue weighted by Crippen LogP contribution is -2.08. The fourth-order valence-corrected chi connectivity index (χ4v) is 2.84. The number of anilines is 1. The summed E-state index contributed by atoms with van der Waals surface area (Å²) in [5.41, 5.74) is 8.09. The molecule has 1 aromatic heterocycles. The first-order valence-electron chi connectivity index (χ1n) is 8.08. The summed E-state index contributed by atoms with van der Waals surface area (Å²) in [6, 6.07) is 6.40. The molecule has 0 aliphatic carbocycles. The van der Waals surface area contributed by atoms with Crippen molar-refractivity contribution in [3.8, 4) is 5.75 Å². The van der Waals surface area contributed by atoms with E-state index in [0.29, 0.717) is 18.6 Å². The Kier molecular flexibility index (Phi) is 5.48. The maximum absolute atomic E-state index is 6.15. The molecule has 21 heavy (non-hydrogen) atoms. The van der Waals surface area contributed by atoms with Crippen molar-refractivity contribution in [2.45, 2.75) is 58.9 Å². The quantitative estimate of drug-likeness (QED) is 0.725. The van der Waals surface area contributed by atoms with Crippen molar-refractivity contribution in [2.75, 3.05) is 12.3 Å². The molecule has 0 amide bonds. The normalized spacial score (nSPS) is 12.7. The summed E-state index contributed by atoms with van der Waals surface area (Å²) in [7, 11) is 0. The van der Waals surface area contributed by atoms with Gasteiger partial charge in [0.05, 0.1) is 12.1 Å². The summed E-state index contributed by atoms with van der Waals surface area (Å²) in [5.74, 6) is 1.40. The van der Waals surface area contributed by atoms with Gasteiger partial charge in [-0.05, 0) is 32.4 Å². The molecule has 0 fully saturated rings. The molecule has 0 saturated carbocycles. The summed E-state index contributed by atoms with van der Waals surface area (Å²) in [6.07, 6.45) is 6.23. The van der Waals surface area contributed by atoms with E-state index in [1.165, 1.54) is 25.7 Å². The van der Waals surface area contributed by atoms with Gasteiger partial charge in [0.2, 0.25) is 5.95 Å². The average molecular weight is 289 g/mol. The SMILES string of the molecule is CCCCCCC(C)n1c(N)nc2c(OCC)cccc21. The number of benzene rings is 1. The predicted molar refractivity (Wildman–Crippen MR) is 88.8 cm³/mol. The van der Waals surface area contributed by atoms with Crippen molar-refractivity contribution in [1.82, 2.24) is 9.55 Å². The molecule has 1 atom stereocenters. The smallest absolute Gasteiger partial charge is 0.201 e. The third-order valence-corrected chi connectivity index (χ3v) is 3.93. The van der Waals surface area contributed by atoms with Crippen LogP contribution in [0.5, 0.6) is 5.75 Å². The van der Waals surface area contributed by atoms with Gasteiger partial charge in [-0.3, -0.25) is 0 Å². The molecule has 0 saturated heterocycles. The van der Waals surface area contributed by atoms with E-state index in [1.807, 2.05) is 19.1 Å². The standard InChI is InChI=1S/C17H27N3O/c1-4-6-7-8-10-13(3)20-14-11-9-12-15(21-5-2)16(14)19-17(20)18/h9,11-13H,4-8,10H2,1-3H3,(H2,18,19). The lowest BCUT2D eigenvalue weighted by atomic mass is 10.1. The lowest BCUT2D eigenvalue weighted by molar-refractivity contribution is 0.343. The highest BCUT2D eigenvalue weighted by Crippen LogP contribution is 2.31. The number of para-hydroxylation sites is 1. The van der Waals surface area contributed by atoms with E-state index in [2.05, 4.69) is 29.5 Å². The first kappa shape index (κ1) is 15.7. The molecule has 1 heterocycles. The molecule has 2 aromatic rings. The molecule has 1 unspecified atom stereocenters. The summed E-state index contributed by atoms with van der Waals surface area (Å²) < 4.78 is 7.79. The predicted octanol–water partition coefficient (Wildman–Crippen LogP) is 4.55. The van der Waals surface area contributed by atoms with Crippen LogP contribution in [0.2, 0.25) is 0 Å². The second kappa shape index (κ2) is 7.34. The van der Waals surface area contributed by atoms with Crippen molar-refractivity contribution in [3.05, 3.63) is 18.2 Å². The van der Waals surface area contributed by atoms with Crippen LogP contribution in [-0.4, -0.2) is 16.2 Å². The molecular formula is C17H27N3O. The molecule has 0 aliphatic rings. The highest BCUT2D eigenvalue weighted by atomic mass is 16.5. The zero-order valence-corrected chi connectivity index (χ0v) is 13.4. The number of rotatable bonds is 8. The second-order valence-corrected chi connectivity index (χ2v) is 5.60. The molecule has 2 N–H and O–H groups in total. The number of nitrogens with zero attached hydrogens (tertiary/aromatic N) is 2. The topological polar surface area (TPSA) is 53.1 Å². The zero-order valence-electron chi connectivity index (χ0n) is 13.4. The zero-order chi connectivity index (χ0) is 15.2. The van der Waals surface area contributed by atoms with Crippen molar-refractivity contribution < 1.29 is 4.74 Å². The van der Waals surface area contributed by atoms with Crippen LogP contribution in [-0.2, 0) is 0 Å². The maximum atomic E-state index is 6.15. The lowest BCUT2D eigenvalue weighted by Gasteiger charge is -2.16. The Morgan fingerprint density at radius 3 is 2.76 bits per heavy atom.